The van der Waals surface area contributed by atoms with Crippen molar-refractivity contribution in [3.05, 3.63) is 65.0 Å². The highest BCUT2D eigenvalue weighted by atomic mass is 19.4. The maximum Gasteiger partial charge on any atom is 0.416 e. The summed E-state index contributed by atoms with van der Waals surface area (Å²) < 4.78 is 86.7. The number of rotatable bonds is 10. The number of anilines is 1. The normalized spacial score (nSPS) is 22.4. The lowest BCUT2D eigenvalue weighted by atomic mass is 9.95. The van der Waals surface area contributed by atoms with Crippen molar-refractivity contribution in [3.63, 3.8) is 0 Å². The molecule has 1 saturated carbocycles. The summed E-state index contributed by atoms with van der Waals surface area (Å²) >= 11 is 0. The molecule has 7 nitrogen and oxygen atoms in total. The van der Waals surface area contributed by atoms with E-state index in [1.165, 1.54) is 11.8 Å². The molecule has 0 spiro atoms. The lowest BCUT2D eigenvalue weighted by molar-refractivity contribution is -0.143. The Morgan fingerprint density at radius 3 is 2.22 bits per heavy atom. The van der Waals surface area contributed by atoms with Crippen LogP contribution in [0.1, 0.15) is 93.5 Å². The van der Waals surface area contributed by atoms with Crippen molar-refractivity contribution in [3.8, 4) is 0 Å². The number of allylic oxidation sites excluding steroid dienone is 1. The van der Waals surface area contributed by atoms with Crippen LogP contribution in [0.25, 0.3) is 5.57 Å². The lowest BCUT2D eigenvalue weighted by Crippen LogP contribution is -2.34. The number of carbonyl (C=O) groups is 2. The third-order valence-electron chi connectivity index (χ3n) is 8.91. The highest BCUT2D eigenvalue weighted by Crippen LogP contribution is 2.41. The van der Waals surface area contributed by atoms with Gasteiger partial charge in [0.2, 0.25) is 0 Å². The summed E-state index contributed by atoms with van der Waals surface area (Å²) in [5, 5.41) is 9.22. The summed E-state index contributed by atoms with van der Waals surface area (Å²) in [6.07, 6.45) is -7.78. The van der Waals surface area contributed by atoms with E-state index in [4.69, 9.17) is 9.72 Å². The van der Waals surface area contributed by atoms with Gasteiger partial charge in [-0.25, -0.2) is 9.78 Å². The van der Waals surface area contributed by atoms with Gasteiger partial charge in [0, 0.05) is 19.5 Å². The van der Waals surface area contributed by atoms with E-state index in [-0.39, 0.29) is 24.9 Å². The smallest absolute Gasteiger partial charge is 0.416 e. The lowest BCUT2D eigenvalue weighted by Gasteiger charge is -2.31. The molecule has 2 fully saturated rings. The van der Waals surface area contributed by atoms with Crippen LogP contribution in [-0.2, 0) is 28.4 Å². The summed E-state index contributed by atoms with van der Waals surface area (Å²) in [6.45, 7) is 10.4. The van der Waals surface area contributed by atoms with Gasteiger partial charge in [0.1, 0.15) is 6.10 Å². The van der Waals surface area contributed by atoms with Crippen LogP contribution in [0.5, 0.6) is 0 Å². The largest absolute Gasteiger partial charge is 0.481 e. The number of amides is 1. The summed E-state index contributed by atoms with van der Waals surface area (Å²) in [5.41, 5.74) is -0.899. The Morgan fingerprint density at radius 1 is 1.04 bits per heavy atom. The van der Waals surface area contributed by atoms with Gasteiger partial charge in [0.15, 0.2) is 0 Å². The van der Waals surface area contributed by atoms with Crippen molar-refractivity contribution in [1.29, 1.82) is 0 Å². The standard InChI is InChI=1S/C33H39F6N3O4/c1-5-41(17-22-8-6-7-21(9-10-22)13-29(43)44)28-12-11-26(19(2)3)40-27(28)18-42-20(4)30(46-31(42)45)23-14-24(32(34,35)36)16-25(15-23)33(37,38)39/h11-12,14-16,20-22,30H,2,5-10,13,17-18H2,1,3-4H3,(H,43,44)/t20?,21-,22?,30?/m0/s1. The van der Waals surface area contributed by atoms with Crippen molar-refractivity contribution in [2.75, 3.05) is 18.0 Å². The van der Waals surface area contributed by atoms with Crippen molar-refractivity contribution < 1.29 is 45.8 Å². The van der Waals surface area contributed by atoms with Gasteiger partial charge >= 0.3 is 24.4 Å². The first kappa shape index (κ1) is 35.1. The zero-order chi connectivity index (χ0) is 34.0. The van der Waals surface area contributed by atoms with Gasteiger partial charge in [-0.15, -0.1) is 0 Å². The minimum atomic E-state index is -5.04. The number of cyclic esters (lactones) is 1. The van der Waals surface area contributed by atoms with Gasteiger partial charge in [0.05, 0.1) is 40.8 Å². The molecular weight excluding hydrogens is 616 g/mol. The number of nitrogens with zero attached hydrogens (tertiary/aromatic N) is 3. The van der Waals surface area contributed by atoms with Crippen LogP contribution in [0.15, 0.2) is 36.9 Å². The van der Waals surface area contributed by atoms with E-state index >= 15 is 0 Å². The summed E-state index contributed by atoms with van der Waals surface area (Å²) in [4.78, 5) is 32.5. The fraction of sp³-hybridized carbons (Fsp3) is 0.545. The molecule has 4 atom stereocenters. The molecule has 252 valence electrons. The Labute approximate surface area is 264 Å². The number of benzene rings is 1. The molecule has 2 aromatic rings. The summed E-state index contributed by atoms with van der Waals surface area (Å²) in [7, 11) is 0. The molecule has 2 heterocycles. The number of carboxylic acids is 1. The molecule has 13 heteroatoms. The zero-order valence-corrected chi connectivity index (χ0v) is 26.0. The first-order chi connectivity index (χ1) is 21.5. The minimum Gasteiger partial charge on any atom is -0.481 e. The van der Waals surface area contributed by atoms with Gasteiger partial charge in [0.25, 0.3) is 0 Å². The number of alkyl halides is 6. The maximum atomic E-state index is 13.5. The van der Waals surface area contributed by atoms with Gasteiger partial charge in [-0.3, -0.25) is 9.69 Å². The monoisotopic (exact) mass is 655 g/mol. The van der Waals surface area contributed by atoms with Crippen molar-refractivity contribution in [2.24, 2.45) is 11.8 Å². The Bertz CT molecular complexity index is 1410. The average molecular weight is 656 g/mol. The van der Waals surface area contributed by atoms with Crippen LogP contribution in [0.4, 0.5) is 36.8 Å². The minimum absolute atomic E-state index is 0.0436. The molecule has 2 aliphatic rings. The van der Waals surface area contributed by atoms with Gasteiger partial charge in [-0.05, 0) is 99.8 Å². The second kappa shape index (κ2) is 13.9. The number of aromatic nitrogens is 1. The van der Waals surface area contributed by atoms with E-state index in [1.54, 1.807) is 6.92 Å². The quantitative estimate of drug-likeness (QED) is 0.204. The third kappa shape index (κ3) is 8.33. The van der Waals surface area contributed by atoms with Crippen LogP contribution in [0.3, 0.4) is 0 Å². The van der Waals surface area contributed by atoms with Crippen LogP contribution in [0.2, 0.25) is 0 Å². The maximum absolute atomic E-state index is 13.5. The van der Waals surface area contributed by atoms with Crippen molar-refractivity contribution >= 4 is 23.3 Å². The third-order valence-corrected chi connectivity index (χ3v) is 8.91. The van der Waals surface area contributed by atoms with Crippen molar-refractivity contribution in [1.82, 2.24) is 9.88 Å². The summed E-state index contributed by atoms with van der Waals surface area (Å²) in [5.74, 6) is -0.349. The molecule has 3 unspecified atom stereocenters. The van der Waals surface area contributed by atoms with Crippen LogP contribution in [-0.4, -0.2) is 46.2 Å². The number of halogens is 6. The number of hydrogen-bond donors (Lipinski definition) is 1. The molecule has 1 aromatic heterocycles. The predicted molar refractivity (Wildman–Crippen MR) is 160 cm³/mol. The highest BCUT2D eigenvalue weighted by Gasteiger charge is 2.43. The summed E-state index contributed by atoms with van der Waals surface area (Å²) in [6, 6.07) is 4.00. The van der Waals surface area contributed by atoms with Crippen LogP contribution < -0.4 is 4.90 Å². The first-order valence-electron chi connectivity index (χ1n) is 15.4. The number of hydrogen-bond acceptors (Lipinski definition) is 5. The number of aliphatic carboxylic acids is 1. The van der Waals surface area contributed by atoms with Gasteiger partial charge < -0.3 is 14.7 Å². The molecule has 1 aliphatic heterocycles. The van der Waals surface area contributed by atoms with Crippen LogP contribution >= 0.6 is 0 Å². The zero-order valence-electron chi connectivity index (χ0n) is 26.0. The van der Waals surface area contributed by atoms with E-state index in [1.807, 2.05) is 19.1 Å². The Hall–Kier alpha value is -3.77. The van der Waals surface area contributed by atoms with Gasteiger partial charge in [-0.2, -0.15) is 26.3 Å². The number of carboxylic acid groups (broad SMARTS) is 1. The fourth-order valence-electron chi connectivity index (χ4n) is 6.40. The molecule has 4 rings (SSSR count). The SMILES string of the molecule is C=C(C)c1ccc(N(CC)CC2CCC[C@H](CC(=O)O)CC2)c(CN2C(=O)OC(c3cc(C(F)(F)F)cc(C(F)(F)F)c3)C2C)n1. The second-order valence-corrected chi connectivity index (χ2v) is 12.3. The molecular formula is C33H39F6N3O4. The average Bonchev–Trinajstić information content (AvgIpc) is 3.10. The van der Waals surface area contributed by atoms with Crippen LogP contribution in [0, 0.1) is 11.8 Å². The highest BCUT2D eigenvalue weighted by molar-refractivity contribution is 5.72. The van der Waals surface area contributed by atoms with Crippen molar-refractivity contribution in [2.45, 2.75) is 90.3 Å². The molecule has 1 N–H and O–H groups in total. The topological polar surface area (TPSA) is 83.0 Å². The molecule has 1 aromatic carbocycles. The second-order valence-electron chi connectivity index (χ2n) is 12.3. The van der Waals surface area contributed by atoms with E-state index in [9.17, 15) is 41.0 Å². The molecule has 0 radical (unpaired) electrons. The van der Waals surface area contributed by atoms with E-state index in [0.29, 0.717) is 48.1 Å². The van der Waals surface area contributed by atoms with Gasteiger partial charge in [-0.1, -0.05) is 13.0 Å². The van der Waals surface area contributed by atoms with E-state index in [2.05, 4.69) is 11.5 Å². The molecule has 0 bridgehead atoms. The Kier molecular flexibility index (Phi) is 10.6. The number of carbonyl (C=O) groups excluding carboxylic acids is 1. The predicted octanol–water partition coefficient (Wildman–Crippen LogP) is 8.73. The molecule has 1 aliphatic carbocycles. The molecule has 1 amide bonds. The fourth-order valence-corrected chi connectivity index (χ4v) is 6.40. The first-order valence-corrected chi connectivity index (χ1v) is 15.4. The molecule has 46 heavy (non-hydrogen) atoms. The molecule has 1 saturated heterocycles. The Balaban J connectivity index is 1.62. The van der Waals surface area contributed by atoms with E-state index < -0.39 is 53.3 Å². The number of ether oxygens (including phenoxy) is 1. The Morgan fingerprint density at radius 2 is 1.65 bits per heavy atom. The number of pyridine rings is 1. The van der Waals surface area contributed by atoms with E-state index in [0.717, 1.165) is 37.8 Å².